The SMILES string of the molecule is COc1cc2c(cc1N(C)C)CNC2. The molecule has 1 N–H and O–H groups in total. The Morgan fingerprint density at radius 2 is 1.86 bits per heavy atom. The molecular formula is C11H16N2O. The van der Waals surface area contributed by atoms with E-state index in [1.54, 1.807) is 7.11 Å². The van der Waals surface area contributed by atoms with Gasteiger partial charge in [0.05, 0.1) is 12.8 Å². The van der Waals surface area contributed by atoms with Crippen molar-refractivity contribution in [3.63, 3.8) is 0 Å². The fraction of sp³-hybridized carbons (Fsp3) is 0.455. The molecule has 0 bridgehead atoms. The molecule has 0 unspecified atom stereocenters. The van der Waals surface area contributed by atoms with Crippen LogP contribution in [0, 0.1) is 0 Å². The lowest BCUT2D eigenvalue weighted by Crippen LogP contribution is -2.10. The maximum atomic E-state index is 5.36. The molecule has 0 atom stereocenters. The van der Waals surface area contributed by atoms with Crippen LogP contribution in [0.5, 0.6) is 5.75 Å². The zero-order chi connectivity index (χ0) is 10.1. The summed E-state index contributed by atoms with van der Waals surface area (Å²) in [5.74, 6) is 0.956. The quantitative estimate of drug-likeness (QED) is 0.765. The minimum atomic E-state index is 0.956. The van der Waals surface area contributed by atoms with E-state index >= 15 is 0 Å². The van der Waals surface area contributed by atoms with Gasteiger partial charge in [-0.25, -0.2) is 0 Å². The topological polar surface area (TPSA) is 24.5 Å². The Morgan fingerprint density at radius 1 is 1.21 bits per heavy atom. The number of nitrogens with zero attached hydrogens (tertiary/aromatic N) is 1. The average molecular weight is 192 g/mol. The number of rotatable bonds is 2. The van der Waals surface area contributed by atoms with Crippen LogP contribution in [0.25, 0.3) is 0 Å². The Hall–Kier alpha value is -1.22. The first-order chi connectivity index (χ1) is 6.72. The number of hydrogen-bond acceptors (Lipinski definition) is 3. The minimum absolute atomic E-state index is 0.956. The lowest BCUT2D eigenvalue weighted by atomic mass is 10.1. The van der Waals surface area contributed by atoms with Crippen LogP contribution in [0.3, 0.4) is 0 Å². The second-order valence-corrected chi connectivity index (χ2v) is 3.79. The number of benzene rings is 1. The van der Waals surface area contributed by atoms with E-state index in [4.69, 9.17) is 4.74 Å². The van der Waals surface area contributed by atoms with E-state index in [9.17, 15) is 0 Å². The number of ether oxygens (including phenoxy) is 1. The first-order valence-corrected chi connectivity index (χ1v) is 4.80. The maximum absolute atomic E-state index is 5.36. The van der Waals surface area contributed by atoms with Crippen molar-refractivity contribution >= 4 is 5.69 Å². The molecule has 0 aliphatic carbocycles. The van der Waals surface area contributed by atoms with E-state index < -0.39 is 0 Å². The van der Waals surface area contributed by atoms with Crippen LogP contribution < -0.4 is 15.0 Å². The normalized spacial score (nSPS) is 13.9. The number of nitrogens with one attached hydrogen (secondary N) is 1. The van der Waals surface area contributed by atoms with E-state index in [1.165, 1.54) is 11.1 Å². The molecule has 14 heavy (non-hydrogen) atoms. The molecule has 0 spiro atoms. The fourth-order valence-corrected chi connectivity index (χ4v) is 1.83. The zero-order valence-corrected chi connectivity index (χ0v) is 8.92. The van der Waals surface area contributed by atoms with Crippen molar-refractivity contribution in [3.8, 4) is 5.75 Å². The first kappa shape index (κ1) is 9.34. The second kappa shape index (κ2) is 3.50. The number of methoxy groups -OCH3 is 1. The van der Waals surface area contributed by atoms with Gasteiger partial charge in [-0.1, -0.05) is 0 Å². The molecule has 0 saturated heterocycles. The van der Waals surface area contributed by atoms with E-state index in [1.807, 2.05) is 14.1 Å². The van der Waals surface area contributed by atoms with Crippen molar-refractivity contribution in [1.82, 2.24) is 5.32 Å². The Balaban J connectivity index is 2.49. The first-order valence-electron chi connectivity index (χ1n) is 4.80. The Kier molecular flexibility index (Phi) is 2.33. The molecule has 1 aliphatic heterocycles. The molecule has 1 aromatic rings. The molecule has 3 heteroatoms. The summed E-state index contributed by atoms with van der Waals surface area (Å²) in [5, 5.41) is 3.33. The number of hydrogen-bond donors (Lipinski definition) is 1. The monoisotopic (exact) mass is 192 g/mol. The van der Waals surface area contributed by atoms with Crippen molar-refractivity contribution in [2.45, 2.75) is 13.1 Å². The Bertz CT molecular complexity index is 347. The lowest BCUT2D eigenvalue weighted by molar-refractivity contribution is 0.415. The van der Waals surface area contributed by atoms with Gasteiger partial charge < -0.3 is 15.0 Å². The highest BCUT2D eigenvalue weighted by atomic mass is 16.5. The number of fused-ring (bicyclic) bond motifs is 1. The Labute approximate surface area is 84.7 Å². The highest BCUT2D eigenvalue weighted by Crippen LogP contribution is 2.32. The molecule has 0 amide bonds. The molecule has 0 radical (unpaired) electrons. The molecule has 3 nitrogen and oxygen atoms in total. The predicted molar refractivity (Wildman–Crippen MR) is 57.9 cm³/mol. The van der Waals surface area contributed by atoms with E-state index in [0.717, 1.165) is 24.5 Å². The van der Waals surface area contributed by atoms with Crippen LogP contribution in [0.1, 0.15) is 11.1 Å². The molecule has 2 rings (SSSR count). The third-order valence-electron chi connectivity index (χ3n) is 2.61. The largest absolute Gasteiger partial charge is 0.495 e. The van der Waals surface area contributed by atoms with E-state index in [-0.39, 0.29) is 0 Å². The molecule has 1 aliphatic rings. The molecule has 0 aromatic heterocycles. The summed E-state index contributed by atoms with van der Waals surface area (Å²) in [6, 6.07) is 4.33. The van der Waals surface area contributed by atoms with Gasteiger partial charge in [-0.15, -0.1) is 0 Å². The van der Waals surface area contributed by atoms with Crippen LogP contribution in [-0.4, -0.2) is 21.2 Å². The van der Waals surface area contributed by atoms with E-state index in [0.29, 0.717) is 0 Å². The van der Waals surface area contributed by atoms with Gasteiger partial charge >= 0.3 is 0 Å². The highest BCUT2D eigenvalue weighted by Gasteiger charge is 2.15. The highest BCUT2D eigenvalue weighted by molar-refractivity contribution is 5.61. The van der Waals surface area contributed by atoms with Crippen molar-refractivity contribution in [1.29, 1.82) is 0 Å². The van der Waals surface area contributed by atoms with Crippen molar-refractivity contribution in [2.75, 3.05) is 26.1 Å². The zero-order valence-electron chi connectivity index (χ0n) is 8.92. The van der Waals surface area contributed by atoms with Crippen LogP contribution in [-0.2, 0) is 13.1 Å². The summed E-state index contributed by atoms with van der Waals surface area (Å²) in [5.41, 5.74) is 3.89. The molecule has 0 fully saturated rings. The van der Waals surface area contributed by atoms with Gasteiger partial charge in [-0.3, -0.25) is 0 Å². The lowest BCUT2D eigenvalue weighted by Gasteiger charge is -2.17. The van der Waals surface area contributed by atoms with Crippen LogP contribution in [0.15, 0.2) is 12.1 Å². The summed E-state index contributed by atoms with van der Waals surface area (Å²) in [6.45, 7) is 1.93. The van der Waals surface area contributed by atoms with E-state index in [2.05, 4.69) is 22.3 Å². The fourth-order valence-electron chi connectivity index (χ4n) is 1.83. The summed E-state index contributed by atoms with van der Waals surface area (Å²) < 4.78 is 5.36. The van der Waals surface area contributed by atoms with Gasteiger partial charge in [0.15, 0.2) is 0 Å². The van der Waals surface area contributed by atoms with Gasteiger partial charge in [0.25, 0.3) is 0 Å². The van der Waals surface area contributed by atoms with Gasteiger partial charge in [0.1, 0.15) is 5.75 Å². The van der Waals surface area contributed by atoms with Crippen LogP contribution in [0.4, 0.5) is 5.69 Å². The van der Waals surface area contributed by atoms with Crippen LogP contribution in [0.2, 0.25) is 0 Å². The molecule has 1 heterocycles. The Morgan fingerprint density at radius 3 is 2.43 bits per heavy atom. The number of anilines is 1. The average Bonchev–Trinajstić information content (AvgIpc) is 2.62. The van der Waals surface area contributed by atoms with Gasteiger partial charge in [0, 0.05) is 27.2 Å². The maximum Gasteiger partial charge on any atom is 0.142 e. The van der Waals surface area contributed by atoms with Crippen molar-refractivity contribution < 1.29 is 4.74 Å². The summed E-state index contributed by atoms with van der Waals surface area (Å²) >= 11 is 0. The summed E-state index contributed by atoms with van der Waals surface area (Å²) in [6.07, 6.45) is 0. The second-order valence-electron chi connectivity index (χ2n) is 3.79. The van der Waals surface area contributed by atoms with Gasteiger partial charge in [0.2, 0.25) is 0 Å². The predicted octanol–water partition coefficient (Wildman–Crippen LogP) is 1.36. The summed E-state index contributed by atoms with van der Waals surface area (Å²) in [4.78, 5) is 2.08. The summed E-state index contributed by atoms with van der Waals surface area (Å²) in [7, 11) is 5.79. The third-order valence-corrected chi connectivity index (χ3v) is 2.61. The molecular weight excluding hydrogens is 176 g/mol. The van der Waals surface area contributed by atoms with Crippen molar-refractivity contribution in [3.05, 3.63) is 23.3 Å². The minimum Gasteiger partial charge on any atom is -0.495 e. The molecule has 0 saturated carbocycles. The molecule has 1 aromatic carbocycles. The standard InChI is InChI=1S/C11H16N2O/c1-13(2)10-4-8-6-12-7-9(8)5-11(10)14-3/h4-5,12H,6-7H2,1-3H3. The smallest absolute Gasteiger partial charge is 0.142 e. The molecule has 76 valence electrons. The van der Waals surface area contributed by atoms with Crippen molar-refractivity contribution in [2.24, 2.45) is 0 Å². The van der Waals surface area contributed by atoms with Gasteiger partial charge in [-0.2, -0.15) is 0 Å². The third kappa shape index (κ3) is 1.44. The van der Waals surface area contributed by atoms with Gasteiger partial charge in [-0.05, 0) is 23.3 Å². The van der Waals surface area contributed by atoms with Crippen LogP contribution >= 0.6 is 0 Å².